The van der Waals surface area contributed by atoms with E-state index in [1.807, 2.05) is 12.1 Å². The predicted octanol–water partition coefficient (Wildman–Crippen LogP) is 3.14. The van der Waals surface area contributed by atoms with Crippen LogP contribution >= 0.6 is 0 Å². The molecule has 1 unspecified atom stereocenters. The third-order valence-electron chi connectivity index (χ3n) is 2.15. The van der Waals surface area contributed by atoms with Crippen molar-refractivity contribution in [3.63, 3.8) is 0 Å². The zero-order valence-electron chi connectivity index (χ0n) is 8.18. The van der Waals surface area contributed by atoms with Gasteiger partial charge in [0.25, 0.3) is 0 Å². The summed E-state index contributed by atoms with van der Waals surface area (Å²) in [4.78, 5) is 0. The largest absolute Gasteiger partial charge is 0.314 e. The van der Waals surface area contributed by atoms with Crippen molar-refractivity contribution in [3.05, 3.63) is 0 Å². The van der Waals surface area contributed by atoms with Gasteiger partial charge in [0.15, 0.2) is 0 Å². The van der Waals surface area contributed by atoms with Gasteiger partial charge in [0.1, 0.15) is 0 Å². The van der Waals surface area contributed by atoms with Crippen LogP contribution in [0, 0.1) is 22.7 Å². The Labute approximate surface area is 80.2 Å². The number of rotatable bonds is 5. The van der Waals surface area contributed by atoms with Crippen LogP contribution in [0.3, 0.4) is 0 Å². The van der Waals surface area contributed by atoms with Gasteiger partial charge in [0.05, 0.1) is 12.1 Å². The Bertz CT molecular complexity index is 221. The van der Waals surface area contributed by atoms with Gasteiger partial charge in [-0.05, 0) is 31.5 Å². The van der Waals surface area contributed by atoms with Crippen molar-refractivity contribution >= 4 is 8.41 Å². The Morgan fingerprint density at radius 3 is 2.31 bits per heavy atom. The second-order valence-electron chi connectivity index (χ2n) is 3.67. The minimum atomic E-state index is -2.69. The number of hydrogen-bond donors (Lipinski definition) is 0. The summed E-state index contributed by atoms with van der Waals surface area (Å²) in [5.74, 6) is 0. The Morgan fingerprint density at radius 1 is 1.31 bits per heavy atom. The first-order chi connectivity index (χ1) is 6.02. The molecule has 0 saturated heterocycles. The molecule has 0 saturated carbocycles. The number of halogens is 1. The van der Waals surface area contributed by atoms with Gasteiger partial charge >= 0.3 is 0 Å². The zero-order valence-corrected chi connectivity index (χ0v) is 9.18. The van der Waals surface area contributed by atoms with E-state index >= 15 is 0 Å². The van der Waals surface area contributed by atoms with E-state index in [4.69, 9.17) is 10.5 Å². The molecule has 0 heterocycles. The van der Waals surface area contributed by atoms with E-state index in [0.717, 1.165) is 0 Å². The van der Waals surface area contributed by atoms with Gasteiger partial charge in [-0.2, -0.15) is 10.5 Å². The average Bonchev–Trinajstić information content (AvgIpc) is 2.01. The maximum absolute atomic E-state index is 13.6. The zero-order chi connectivity index (χ0) is 10.3. The summed E-state index contributed by atoms with van der Waals surface area (Å²) < 4.78 is 13.6. The van der Waals surface area contributed by atoms with E-state index in [1.54, 1.807) is 13.1 Å². The van der Waals surface area contributed by atoms with Gasteiger partial charge in [0.2, 0.25) is 8.41 Å². The van der Waals surface area contributed by atoms with E-state index in [9.17, 15) is 4.11 Å². The predicted molar refractivity (Wildman–Crippen MR) is 52.0 cm³/mol. The first-order valence-corrected chi connectivity index (χ1v) is 7.40. The van der Waals surface area contributed by atoms with E-state index in [0.29, 0.717) is 25.7 Å². The van der Waals surface area contributed by atoms with Crippen LogP contribution in [0.4, 0.5) is 4.11 Å². The smallest absolute Gasteiger partial charge is 0.245 e. The summed E-state index contributed by atoms with van der Waals surface area (Å²) in [5, 5.41) is 16.8. The van der Waals surface area contributed by atoms with Crippen molar-refractivity contribution in [2.24, 2.45) is 0 Å². The van der Waals surface area contributed by atoms with E-state index in [2.05, 4.69) is 0 Å². The van der Waals surface area contributed by atoms with Gasteiger partial charge < -0.3 is 4.11 Å². The van der Waals surface area contributed by atoms with Gasteiger partial charge in [-0.25, -0.2) is 0 Å². The fourth-order valence-corrected chi connectivity index (χ4v) is 2.69. The van der Waals surface area contributed by atoms with E-state index in [1.165, 1.54) is 0 Å². The summed E-state index contributed by atoms with van der Waals surface area (Å²) in [6.45, 7) is 3.25. The van der Waals surface area contributed by atoms with Crippen molar-refractivity contribution in [1.29, 1.82) is 10.5 Å². The van der Waals surface area contributed by atoms with Crippen molar-refractivity contribution in [2.45, 2.75) is 44.3 Å². The molecule has 1 atom stereocenters. The summed E-state index contributed by atoms with van der Waals surface area (Å²) in [7, 11) is -2.69. The Hall–Kier alpha value is -0.873. The number of hydrogen-bond acceptors (Lipinski definition) is 2. The van der Waals surface area contributed by atoms with Crippen molar-refractivity contribution < 1.29 is 4.11 Å². The fourth-order valence-electron chi connectivity index (χ4n) is 1.23. The van der Waals surface area contributed by atoms with Crippen molar-refractivity contribution in [3.8, 4) is 12.1 Å². The topological polar surface area (TPSA) is 47.6 Å². The van der Waals surface area contributed by atoms with Crippen LogP contribution in [0.5, 0.6) is 0 Å². The van der Waals surface area contributed by atoms with Crippen LogP contribution in [0.15, 0.2) is 0 Å². The molecule has 0 aliphatic carbocycles. The first-order valence-electron chi connectivity index (χ1n) is 4.45. The Kier molecular flexibility index (Phi) is 5.33. The molecular formula is C9H15FN2Si. The lowest BCUT2D eigenvalue weighted by Crippen LogP contribution is -2.26. The van der Waals surface area contributed by atoms with Gasteiger partial charge in [-0.15, -0.1) is 0 Å². The lowest BCUT2D eigenvalue weighted by atomic mass is 10.1. The van der Waals surface area contributed by atoms with Gasteiger partial charge in [-0.3, -0.25) is 0 Å². The molecule has 0 aromatic heterocycles. The lowest BCUT2D eigenvalue weighted by Gasteiger charge is -2.21. The number of nitriles is 2. The summed E-state index contributed by atoms with van der Waals surface area (Å²) in [6, 6.07) is 4.04. The second kappa shape index (κ2) is 5.72. The van der Waals surface area contributed by atoms with Gasteiger partial charge in [-0.1, -0.05) is 0 Å². The molecule has 13 heavy (non-hydrogen) atoms. The highest BCUT2D eigenvalue weighted by atomic mass is 28.4. The molecule has 0 rings (SSSR count). The van der Waals surface area contributed by atoms with Crippen LogP contribution in [-0.4, -0.2) is 8.41 Å². The minimum absolute atomic E-state index is 0.106. The monoisotopic (exact) mass is 198 g/mol. The van der Waals surface area contributed by atoms with Crippen LogP contribution in [-0.2, 0) is 0 Å². The molecular weight excluding hydrogens is 183 g/mol. The molecule has 0 aliphatic heterocycles. The third kappa shape index (κ3) is 5.38. The molecule has 0 N–H and O–H groups in total. The molecule has 72 valence electrons. The maximum atomic E-state index is 13.6. The molecule has 0 bridgehead atoms. The van der Waals surface area contributed by atoms with Crippen molar-refractivity contribution in [1.82, 2.24) is 0 Å². The van der Waals surface area contributed by atoms with Gasteiger partial charge in [0, 0.05) is 12.8 Å². The molecule has 0 aromatic rings. The number of nitrogens with zero attached hydrogens (tertiary/aromatic N) is 2. The number of unbranched alkanes of at least 4 members (excludes halogenated alkanes) is 1. The highest BCUT2D eigenvalue weighted by Gasteiger charge is 2.31. The van der Waals surface area contributed by atoms with Crippen LogP contribution in [0.25, 0.3) is 0 Å². The fraction of sp³-hybridized carbons (Fsp3) is 0.778. The molecule has 0 aromatic carbocycles. The Morgan fingerprint density at radius 2 is 1.92 bits per heavy atom. The minimum Gasteiger partial charge on any atom is -0.314 e. The van der Waals surface area contributed by atoms with Crippen LogP contribution in [0.1, 0.15) is 25.7 Å². The molecule has 0 spiro atoms. The standard InChI is InChI=1S/C9H15FN2Si/c1-13(2,10)9(6-8-12)5-3-4-7-11/h9H,3-6H2,1-2H3. The molecule has 0 amide bonds. The van der Waals surface area contributed by atoms with E-state index in [-0.39, 0.29) is 5.54 Å². The first kappa shape index (κ1) is 12.1. The highest BCUT2D eigenvalue weighted by molar-refractivity contribution is 6.72. The third-order valence-corrected chi connectivity index (χ3v) is 4.58. The maximum Gasteiger partial charge on any atom is 0.245 e. The van der Waals surface area contributed by atoms with Crippen molar-refractivity contribution in [2.75, 3.05) is 0 Å². The highest BCUT2D eigenvalue weighted by Crippen LogP contribution is 2.31. The molecule has 0 fully saturated rings. The molecule has 0 aliphatic rings. The summed E-state index contributed by atoms with van der Waals surface area (Å²) in [5.41, 5.74) is -0.106. The summed E-state index contributed by atoms with van der Waals surface area (Å²) in [6.07, 6.45) is 2.15. The van der Waals surface area contributed by atoms with Crippen LogP contribution < -0.4 is 0 Å². The SMILES string of the molecule is C[Si](C)(F)C(CC#N)CCCC#N. The quantitative estimate of drug-likeness (QED) is 0.387. The normalized spacial score (nSPS) is 13.0. The lowest BCUT2D eigenvalue weighted by molar-refractivity contribution is 0.626. The molecule has 0 radical (unpaired) electrons. The van der Waals surface area contributed by atoms with Crippen LogP contribution in [0.2, 0.25) is 18.6 Å². The summed E-state index contributed by atoms with van der Waals surface area (Å²) >= 11 is 0. The van der Waals surface area contributed by atoms with E-state index < -0.39 is 8.41 Å². The molecule has 2 nitrogen and oxygen atoms in total. The molecule has 4 heteroatoms. The Balaban J connectivity index is 3.99. The average molecular weight is 198 g/mol. The second-order valence-corrected chi connectivity index (χ2v) is 7.62.